The smallest absolute Gasteiger partial charge is 0.0443 e. The van der Waals surface area contributed by atoms with Crippen molar-refractivity contribution in [2.75, 3.05) is 0 Å². The van der Waals surface area contributed by atoms with Crippen LogP contribution in [0.2, 0.25) is 0 Å². The summed E-state index contributed by atoms with van der Waals surface area (Å²) in [4.78, 5) is 4.08. The molecule has 0 atom stereocenters. The van der Waals surface area contributed by atoms with Crippen LogP contribution in [0.4, 0.5) is 0 Å². The average molecular weight is 138 g/mol. The molecule has 0 saturated heterocycles. The Balaban J connectivity index is 3.81. The SMILES string of the molecule is C=CC(N)=CC=NC(C)C. The number of nitrogens with zero attached hydrogens (tertiary/aromatic N) is 1. The molecule has 0 radical (unpaired) electrons. The zero-order valence-electron chi connectivity index (χ0n) is 6.54. The summed E-state index contributed by atoms with van der Waals surface area (Å²) in [5, 5.41) is 0. The Morgan fingerprint density at radius 3 is 2.60 bits per heavy atom. The number of aliphatic imine (C=N–C) groups is 1. The molecule has 0 unspecified atom stereocenters. The topological polar surface area (TPSA) is 38.4 Å². The average Bonchev–Trinajstić information content (AvgIpc) is 1.87. The lowest BCUT2D eigenvalue weighted by Crippen LogP contribution is -1.93. The fourth-order valence-electron chi connectivity index (χ4n) is 0.369. The number of hydrogen-bond acceptors (Lipinski definition) is 2. The summed E-state index contributed by atoms with van der Waals surface area (Å²) in [5.74, 6) is 0. The van der Waals surface area contributed by atoms with Crippen LogP contribution in [0.5, 0.6) is 0 Å². The Kier molecular flexibility index (Phi) is 4.29. The first-order chi connectivity index (χ1) is 4.66. The van der Waals surface area contributed by atoms with Crippen molar-refractivity contribution in [2.24, 2.45) is 10.7 Å². The van der Waals surface area contributed by atoms with E-state index in [1.807, 2.05) is 13.8 Å². The molecule has 56 valence electrons. The first kappa shape index (κ1) is 8.95. The Hall–Kier alpha value is -1.05. The highest BCUT2D eigenvalue weighted by atomic mass is 14.7. The highest BCUT2D eigenvalue weighted by Crippen LogP contribution is 1.85. The van der Waals surface area contributed by atoms with Crippen molar-refractivity contribution in [1.82, 2.24) is 0 Å². The van der Waals surface area contributed by atoms with Crippen LogP contribution in [-0.4, -0.2) is 12.3 Å². The van der Waals surface area contributed by atoms with Gasteiger partial charge in [0, 0.05) is 18.0 Å². The molecule has 0 amide bonds. The van der Waals surface area contributed by atoms with Crippen LogP contribution in [0.3, 0.4) is 0 Å². The maximum absolute atomic E-state index is 5.41. The Labute approximate surface area is 62.1 Å². The van der Waals surface area contributed by atoms with Gasteiger partial charge >= 0.3 is 0 Å². The van der Waals surface area contributed by atoms with Crippen molar-refractivity contribution in [3.63, 3.8) is 0 Å². The predicted molar refractivity (Wildman–Crippen MR) is 46.1 cm³/mol. The molecule has 0 saturated carbocycles. The first-order valence-electron chi connectivity index (χ1n) is 3.28. The van der Waals surface area contributed by atoms with Gasteiger partial charge in [0.25, 0.3) is 0 Å². The third-order valence-electron chi connectivity index (χ3n) is 0.887. The summed E-state index contributed by atoms with van der Waals surface area (Å²) >= 11 is 0. The molecule has 0 fully saturated rings. The van der Waals surface area contributed by atoms with Crippen LogP contribution in [0.25, 0.3) is 0 Å². The van der Waals surface area contributed by atoms with Gasteiger partial charge in [-0.25, -0.2) is 0 Å². The second kappa shape index (κ2) is 4.79. The van der Waals surface area contributed by atoms with Crippen molar-refractivity contribution in [1.29, 1.82) is 0 Å². The third-order valence-corrected chi connectivity index (χ3v) is 0.887. The standard InChI is InChI=1S/C8H14N2/c1-4-8(9)5-6-10-7(2)3/h4-7H,1,9H2,2-3H3. The van der Waals surface area contributed by atoms with Crippen LogP contribution in [0.15, 0.2) is 29.4 Å². The highest BCUT2D eigenvalue weighted by Gasteiger charge is 1.80. The van der Waals surface area contributed by atoms with Gasteiger partial charge in [-0.05, 0) is 26.0 Å². The molecule has 2 N–H and O–H groups in total. The van der Waals surface area contributed by atoms with Crippen LogP contribution in [-0.2, 0) is 0 Å². The molecule has 2 nitrogen and oxygen atoms in total. The van der Waals surface area contributed by atoms with Crippen LogP contribution in [0, 0.1) is 0 Å². The lowest BCUT2D eigenvalue weighted by atomic mass is 10.4. The van der Waals surface area contributed by atoms with Crippen molar-refractivity contribution < 1.29 is 0 Å². The minimum absolute atomic E-state index is 0.328. The summed E-state index contributed by atoms with van der Waals surface area (Å²) in [6.45, 7) is 7.52. The molecule has 0 aliphatic heterocycles. The van der Waals surface area contributed by atoms with E-state index in [1.165, 1.54) is 0 Å². The number of hydrogen-bond donors (Lipinski definition) is 1. The lowest BCUT2D eigenvalue weighted by Gasteiger charge is -1.91. The molecule has 0 aromatic carbocycles. The maximum Gasteiger partial charge on any atom is 0.0443 e. The highest BCUT2D eigenvalue weighted by molar-refractivity contribution is 5.72. The summed E-state index contributed by atoms with van der Waals surface area (Å²) in [5.41, 5.74) is 6.05. The van der Waals surface area contributed by atoms with Crippen LogP contribution in [0.1, 0.15) is 13.8 Å². The van der Waals surface area contributed by atoms with Gasteiger partial charge in [0.1, 0.15) is 0 Å². The van der Waals surface area contributed by atoms with Crippen molar-refractivity contribution in [3.8, 4) is 0 Å². The quantitative estimate of drug-likeness (QED) is 0.465. The lowest BCUT2D eigenvalue weighted by molar-refractivity contribution is 0.841. The number of allylic oxidation sites excluding steroid dienone is 2. The van der Waals surface area contributed by atoms with E-state index in [0.717, 1.165) is 0 Å². The Bertz CT molecular complexity index is 155. The van der Waals surface area contributed by atoms with Gasteiger partial charge in [-0.3, -0.25) is 4.99 Å². The molecule has 0 spiro atoms. The zero-order chi connectivity index (χ0) is 7.98. The molecule has 10 heavy (non-hydrogen) atoms. The van der Waals surface area contributed by atoms with Crippen LogP contribution >= 0.6 is 0 Å². The van der Waals surface area contributed by atoms with Gasteiger partial charge < -0.3 is 5.73 Å². The number of nitrogens with two attached hydrogens (primary N) is 1. The molecule has 0 heterocycles. The molecule has 0 bridgehead atoms. The molecule has 0 aliphatic rings. The first-order valence-corrected chi connectivity index (χ1v) is 3.28. The normalized spacial score (nSPS) is 12.9. The maximum atomic E-state index is 5.41. The molecule has 0 aliphatic carbocycles. The summed E-state index contributed by atoms with van der Waals surface area (Å²) < 4.78 is 0. The van der Waals surface area contributed by atoms with E-state index in [9.17, 15) is 0 Å². The fourth-order valence-corrected chi connectivity index (χ4v) is 0.369. The van der Waals surface area contributed by atoms with E-state index < -0.39 is 0 Å². The van der Waals surface area contributed by atoms with E-state index in [2.05, 4.69) is 11.6 Å². The van der Waals surface area contributed by atoms with Gasteiger partial charge in [-0.1, -0.05) is 6.58 Å². The second-order valence-corrected chi connectivity index (χ2v) is 2.26. The molecule has 0 rings (SSSR count). The van der Waals surface area contributed by atoms with Gasteiger partial charge in [-0.2, -0.15) is 0 Å². The monoisotopic (exact) mass is 138 g/mol. The van der Waals surface area contributed by atoms with E-state index in [0.29, 0.717) is 11.7 Å². The molecule has 0 aromatic rings. The molecule has 0 aromatic heterocycles. The summed E-state index contributed by atoms with van der Waals surface area (Å²) in [6.07, 6.45) is 5.01. The second-order valence-electron chi connectivity index (χ2n) is 2.26. The fraction of sp³-hybridized carbons (Fsp3) is 0.375. The van der Waals surface area contributed by atoms with Gasteiger partial charge in [-0.15, -0.1) is 0 Å². The predicted octanol–water partition coefficient (Wildman–Crippen LogP) is 1.49. The van der Waals surface area contributed by atoms with E-state index in [-0.39, 0.29) is 0 Å². The summed E-state index contributed by atoms with van der Waals surface area (Å²) in [6, 6.07) is 0.328. The van der Waals surface area contributed by atoms with E-state index >= 15 is 0 Å². The third kappa shape index (κ3) is 5.09. The molecular weight excluding hydrogens is 124 g/mol. The largest absolute Gasteiger partial charge is 0.399 e. The Morgan fingerprint density at radius 1 is 1.60 bits per heavy atom. The van der Waals surface area contributed by atoms with Crippen molar-refractivity contribution >= 4 is 6.21 Å². The minimum Gasteiger partial charge on any atom is -0.399 e. The number of rotatable bonds is 3. The van der Waals surface area contributed by atoms with E-state index in [1.54, 1.807) is 18.4 Å². The summed E-state index contributed by atoms with van der Waals surface area (Å²) in [7, 11) is 0. The van der Waals surface area contributed by atoms with Crippen molar-refractivity contribution in [2.45, 2.75) is 19.9 Å². The van der Waals surface area contributed by atoms with Gasteiger partial charge in [0.2, 0.25) is 0 Å². The van der Waals surface area contributed by atoms with Gasteiger partial charge in [0.15, 0.2) is 0 Å². The molecule has 2 heteroatoms. The zero-order valence-corrected chi connectivity index (χ0v) is 6.54. The molecular formula is C8H14N2. The van der Waals surface area contributed by atoms with Crippen LogP contribution < -0.4 is 5.73 Å². The van der Waals surface area contributed by atoms with E-state index in [4.69, 9.17) is 5.73 Å². The van der Waals surface area contributed by atoms with Gasteiger partial charge in [0.05, 0.1) is 0 Å². The minimum atomic E-state index is 0.328. The Morgan fingerprint density at radius 2 is 2.20 bits per heavy atom. The van der Waals surface area contributed by atoms with Crippen molar-refractivity contribution in [3.05, 3.63) is 24.4 Å².